The zero-order valence-electron chi connectivity index (χ0n) is 12.1. The normalized spacial score (nSPS) is 15.2. The van der Waals surface area contributed by atoms with Crippen LogP contribution in [0.2, 0.25) is 0 Å². The van der Waals surface area contributed by atoms with Crippen LogP contribution in [0.4, 0.5) is 0 Å². The lowest BCUT2D eigenvalue weighted by molar-refractivity contribution is 0.232. The van der Waals surface area contributed by atoms with Crippen molar-refractivity contribution in [2.45, 2.75) is 40.0 Å². The van der Waals surface area contributed by atoms with Crippen molar-refractivity contribution in [2.24, 2.45) is 0 Å². The second-order valence-electron chi connectivity index (χ2n) is 5.22. The summed E-state index contributed by atoms with van der Waals surface area (Å²) in [6, 6.07) is 2.18. The molecule has 20 heavy (non-hydrogen) atoms. The highest BCUT2D eigenvalue weighted by Gasteiger charge is 2.25. The number of oxazole rings is 1. The van der Waals surface area contributed by atoms with Crippen molar-refractivity contribution in [2.75, 3.05) is 13.1 Å². The molecule has 1 aliphatic rings. The van der Waals surface area contributed by atoms with Gasteiger partial charge < -0.3 is 4.42 Å². The molecule has 0 radical (unpaired) electrons. The largest absolute Gasteiger partial charge is 0.443 e. The molecule has 0 amide bonds. The summed E-state index contributed by atoms with van der Waals surface area (Å²) in [6.07, 6.45) is 0. The molecule has 0 unspecified atom stereocenters. The summed E-state index contributed by atoms with van der Waals surface area (Å²) in [5.41, 5.74) is 2.51. The number of aromatic nitrogens is 1. The third-order valence-electron chi connectivity index (χ3n) is 3.80. The van der Waals surface area contributed by atoms with Gasteiger partial charge in [-0.15, -0.1) is 0 Å². The summed E-state index contributed by atoms with van der Waals surface area (Å²) in [4.78, 5) is 9.36. The molecular weight excluding hydrogens is 270 g/mol. The molecule has 3 rings (SSSR count). The molecule has 0 fully saturated rings. The van der Waals surface area contributed by atoms with Gasteiger partial charge in [0.05, 0.1) is 18.8 Å². The van der Waals surface area contributed by atoms with Crippen molar-refractivity contribution in [1.29, 1.82) is 0 Å². The first-order valence-corrected chi connectivity index (χ1v) is 8.16. The molecule has 0 spiro atoms. The maximum absolute atomic E-state index is 5.92. The van der Waals surface area contributed by atoms with E-state index in [1.165, 1.54) is 5.56 Å². The van der Waals surface area contributed by atoms with Crippen molar-refractivity contribution in [3.8, 4) is 0 Å². The minimum absolute atomic E-state index is 0.824. The van der Waals surface area contributed by atoms with E-state index in [0.717, 1.165) is 56.6 Å². The second-order valence-corrected chi connectivity index (χ2v) is 6.00. The number of nitrogens with zero attached hydrogens (tertiary/aromatic N) is 3. The molecule has 1 aliphatic heterocycles. The van der Waals surface area contributed by atoms with Gasteiger partial charge in [-0.05, 0) is 35.5 Å². The van der Waals surface area contributed by atoms with Crippen LogP contribution in [0.3, 0.4) is 0 Å². The Morgan fingerprint density at radius 3 is 2.85 bits per heavy atom. The van der Waals surface area contributed by atoms with Gasteiger partial charge in [-0.3, -0.25) is 9.80 Å². The SMILES string of the molecule is CCN(CC)Cc1nc2c(o1)CN(Cc1ccsc1)C2. The molecule has 0 atom stereocenters. The standard InChI is InChI=1S/C15H21N3OS/c1-3-17(4-2)10-15-16-13-8-18(9-14(13)19-15)7-12-5-6-20-11-12/h5-6,11H,3-4,7-10H2,1-2H3. The van der Waals surface area contributed by atoms with Gasteiger partial charge >= 0.3 is 0 Å². The van der Waals surface area contributed by atoms with Crippen molar-refractivity contribution in [3.05, 3.63) is 39.7 Å². The van der Waals surface area contributed by atoms with Crippen LogP contribution in [0.15, 0.2) is 21.2 Å². The van der Waals surface area contributed by atoms with Crippen molar-refractivity contribution in [3.63, 3.8) is 0 Å². The molecular formula is C15H21N3OS. The number of rotatable bonds is 6. The number of thiophene rings is 1. The van der Waals surface area contributed by atoms with E-state index in [9.17, 15) is 0 Å². The summed E-state index contributed by atoms with van der Waals surface area (Å²) < 4.78 is 5.92. The molecule has 0 saturated carbocycles. The van der Waals surface area contributed by atoms with Gasteiger partial charge in [0.15, 0.2) is 0 Å². The summed E-state index contributed by atoms with van der Waals surface area (Å²) >= 11 is 1.75. The number of hydrogen-bond acceptors (Lipinski definition) is 5. The zero-order valence-corrected chi connectivity index (χ0v) is 12.9. The van der Waals surface area contributed by atoms with Crippen LogP contribution in [0.25, 0.3) is 0 Å². The summed E-state index contributed by atoms with van der Waals surface area (Å²) in [5.74, 6) is 1.93. The molecule has 2 aromatic heterocycles. The summed E-state index contributed by atoms with van der Waals surface area (Å²) in [5, 5.41) is 4.34. The first-order chi connectivity index (χ1) is 9.78. The Hall–Kier alpha value is -1.17. The van der Waals surface area contributed by atoms with Crippen LogP contribution in [0, 0.1) is 0 Å². The van der Waals surface area contributed by atoms with E-state index in [2.05, 4.69) is 45.5 Å². The molecule has 0 aromatic carbocycles. The fourth-order valence-corrected chi connectivity index (χ4v) is 3.27. The minimum atomic E-state index is 0.824. The Kier molecular flexibility index (Phi) is 4.19. The number of hydrogen-bond donors (Lipinski definition) is 0. The Labute approximate surface area is 124 Å². The van der Waals surface area contributed by atoms with Gasteiger partial charge in [-0.2, -0.15) is 11.3 Å². The van der Waals surface area contributed by atoms with Gasteiger partial charge in [0.25, 0.3) is 0 Å². The zero-order chi connectivity index (χ0) is 13.9. The molecule has 108 valence electrons. The Bertz CT molecular complexity index is 522. The van der Waals surface area contributed by atoms with Crippen molar-refractivity contribution in [1.82, 2.24) is 14.8 Å². The highest BCUT2D eigenvalue weighted by Crippen LogP contribution is 2.25. The summed E-state index contributed by atoms with van der Waals surface area (Å²) in [7, 11) is 0. The van der Waals surface area contributed by atoms with E-state index < -0.39 is 0 Å². The lowest BCUT2D eigenvalue weighted by atomic mass is 10.3. The van der Waals surface area contributed by atoms with Crippen molar-refractivity contribution >= 4 is 11.3 Å². The highest BCUT2D eigenvalue weighted by atomic mass is 32.1. The molecule has 0 aliphatic carbocycles. The van der Waals surface area contributed by atoms with E-state index in [4.69, 9.17) is 4.42 Å². The lowest BCUT2D eigenvalue weighted by Gasteiger charge is -2.16. The molecule has 4 nitrogen and oxygen atoms in total. The van der Waals surface area contributed by atoms with Crippen LogP contribution in [-0.4, -0.2) is 27.9 Å². The van der Waals surface area contributed by atoms with E-state index in [1.54, 1.807) is 11.3 Å². The molecule has 0 bridgehead atoms. The summed E-state index contributed by atoms with van der Waals surface area (Å²) in [6.45, 7) is 10.0. The first-order valence-electron chi connectivity index (χ1n) is 7.21. The Balaban J connectivity index is 1.60. The van der Waals surface area contributed by atoms with E-state index >= 15 is 0 Å². The second kappa shape index (κ2) is 6.08. The van der Waals surface area contributed by atoms with Gasteiger partial charge in [-0.25, -0.2) is 4.98 Å². The fourth-order valence-electron chi connectivity index (χ4n) is 2.61. The Morgan fingerprint density at radius 2 is 2.20 bits per heavy atom. The average Bonchev–Trinajstić information content (AvgIpc) is 3.12. The highest BCUT2D eigenvalue weighted by molar-refractivity contribution is 7.07. The van der Waals surface area contributed by atoms with Crippen LogP contribution in [0.5, 0.6) is 0 Å². The van der Waals surface area contributed by atoms with Gasteiger partial charge in [-0.1, -0.05) is 13.8 Å². The predicted octanol–water partition coefficient (Wildman–Crippen LogP) is 3.09. The molecule has 3 heterocycles. The van der Waals surface area contributed by atoms with Gasteiger partial charge in [0.1, 0.15) is 5.76 Å². The van der Waals surface area contributed by atoms with Crippen LogP contribution in [0.1, 0.15) is 36.8 Å². The number of fused-ring (bicyclic) bond motifs is 1. The molecule has 0 N–H and O–H groups in total. The predicted molar refractivity (Wildman–Crippen MR) is 80.4 cm³/mol. The first kappa shape index (κ1) is 13.8. The van der Waals surface area contributed by atoms with Crippen molar-refractivity contribution < 1.29 is 4.42 Å². The van der Waals surface area contributed by atoms with Crippen LogP contribution < -0.4 is 0 Å². The maximum Gasteiger partial charge on any atom is 0.208 e. The van der Waals surface area contributed by atoms with Gasteiger partial charge in [0.2, 0.25) is 5.89 Å². The smallest absolute Gasteiger partial charge is 0.208 e. The maximum atomic E-state index is 5.92. The lowest BCUT2D eigenvalue weighted by Crippen LogP contribution is -2.22. The van der Waals surface area contributed by atoms with E-state index in [1.807, 2.05) is 0 Å². The van der Waals surface area contributed by atoms with Crippen LogP contribution >= 0.6 is 11.3 Å². The minimum Gasteiger partial charge on any atom is -0.443 e. The molecule has 0 saturated heterocycles. The topological polar surface area (TPSA) is 32.5 Å². The van der Waals surface area contributed by atoms with Crippen LogP contribution in [-0.2, 0) is 26.2 Å². The average molecular weight is 291 g/mol. The fraction of sp³-hybridized carbons (Fsp3) is 0.533. The van der Waals surface area contributed by atoms with E-state index in [0.29, 0.717) is 0 Å². The Morgan fingerprint density at radius 1 is 1.35 bits per heavy atom. The van der Waals surface area contributed by atoms with Gasteiger partial charge in [0, 0.05) is 13.1 Å². The third kappa shape index (κ3) is 2.95. The molecule has 2 aromatic rings. The third-order valence-corrected chi connectivity index (χ3v) is 4.53. The monoisotopic (exact) mass is 291 g/mol. The quantitative estimate of drug-likeness (QED) is 0.818. The molecule has 5 heteroatoms. The van der Waals surface area contributed by atoms with E-state index in [-0.39, 0.29) is 0 Å².